The van der Waals surface area contributed by atoms with Gasteiger partial charge in [0.25, 0.3) is 0 Å². The molecule has 0 spiro atoms. The third-order valence-electron chi connectivity index (χ3n) is 6.60. The van der Waals surface area contributed by atoms with E-state index < -0.39 is 11.6 Å². The molecule has 0 saturated carbocycles. The van der Waals surface area contributed by atoms with E-state index in [0.717, 1.165) is 31.5 Å². The third-order valence-corrected chi connectivity index (χ3v) is 7.08. The Morgan fingerprint density at radius 3 is 2.73 bits per heavy atom. The van der Waals surface area contributed by atoms with Crippen molar-refractivity contribution in [1.29, 1.82) is 0 Å². The monoisotopic (exact) mass is 386 g/mol. The van der Waals surface area contributed by atoms with Crippen LogP contribution in [0.3, 0.4) is 0 Å². The lowest BCUT2D eigenvalue weighted by Crippen LogP contribution is -2.52. The fourth-order valence-corrected chi connectivity index (χ4v) is 5.23. The number of aliphatic hydroxyl groups is 1. The first-order chi connectivity index (χ1) is 12.2. The number of alkyl halides is 1. The summed E-state index contributed by atoms with van der Waals surface area (Å²) in [5.41, 5.74) is -0.826. The molecule has 0 amide bonds. The molecular formula is C19H29ClNO5+. The van der Waals surface area contributed by atoms with Crippen LogP contribution in [0.15, 0.2) is 11.6 Å². The number of quaternary nitrogens is 1. The van der Waals surface area contributed by atoms with E-state index >= 15 is 0 Å². The molecule has 7 heteroatoms. The number of nitrogens with zero attached hydrogens (tertiary/aromatic N) is 1. The number of esters is 2. The maximum atomic E-state index is 12.5. The fourth-order valence-electron chi connectivity index (χ4n) is 4.83. The molecule has 0 aromatic rings. The maximum Gasteiger partial charge on any atom is 0.338 e. The van der Waals surface area contributed by atoms with E-state index in [2.05, 4.69) is 0 Å². The van der Waals surface area contributed by atoms with Gasteiger partial charge in [0.2, 0.25) is 0 Å². The first-order valence-corrected chi connectivity index (χ1v) is 9.92. The maximum absolute atomic E-state index is 12.5. The largest absolute Gasteiger partial charge is 0.463 e. The van der Waals surface area contributed by atoms with Gasteiger partial charge >= 0.3 is 11.9 Å². The summed E-state index contributed by atoms with van der Waals surface area (Å²) < 4.78 is 12.0. The van der Waals surface area contributed by atoms with E-state index in [4.69, 9.17) is 21.1 Å². The highest BCUT2D eigenvalue weighted by Crippen LogP contribution is 2.42. The van der Waals surface area contributed by atoms with Gasteiger partial charge < -0.3 is 19.1 Å². The van der Waals surface area contributed by atoms with E-state index in [9.17, 15) is 14.7 Å². The van der Waals surface area contributed by atoms with Gasteiger partial charge in [-0.05, 0) is 26.2 Å². The molecule has 0 bridgehead atoms. The van der Waals surface area contributed by atoms with Crippen LogP contribution >= 0.6 is 11.6 Å². The lowest BCUT2D eigenvalue weighted by molar-refractivity contribution is -0.920. The third kappa shape index (κ3) is 3.39. The summed E-state index contributed by atoms with van der Waals surface area (Å²) >= 11 is 6.29. The van der Waals surface area contributed by atoms with Crippen LogP contribution < -0.4 is 0 Å². The van der Waals surface area contributed by atoms with Crippen LogP contribution in [0.5, 0.6) is 0 Å². The molecule has 6 atom stereocenters. The van der Waals surface area contributed by atoms with Crippen LogP contribution in [-0.2, 0) is 19.1 Å². The molecule has 0 aromatic heterocycles. The first-order valence-electron chi connectivity index (χ1n) is 9.39. The normalized spacial score (nSPS) is 44.1. The van der Waals surface area contributed by atoms with E-state index in [-0.39, 0.29) is 36.6 Å². The van der Waals surface area contributed by atoms with Crippen molar-refractivity contribution < 1.29 is 28.7 Å². The molecule has 3 aliphatic heterocycles. The van der Waals surface area contributed by atoms with Crippen LogP contribution in [-0.4, -0.2) is 65.0 Å². The number of rotatable bonds is 1. The summed E-state index contributed by atoms with van der Waals surface area (Å²) in [7, 11) is 0. The molecule has 3 aliphatic rings. The number of carbonyl (C=O) groups excluding carboxylic acids is 2. The van der Waals surface area contributed by atoms with Gasteiger partial charge in [-0.15, -0.1) is 0 Å². The van der Waals surface area contributed by atoms with Crippen molar-refractivity contribution in [2.24, 2.45) is 11.8 Å². The summed E-state index contributed by atoms with van der Waals surface area (Å²) in [6.07, 6.45) is 3.32. The molecule has 1 N–H and O–H groups in total. The van der Waals surface area contributed by atoms with E-state index in [1.54, 1.807) is 6.92 Å². The zero-order chi connectivity index (χ0) is 19.1. The zero-order valence-electron chi connectivity index (χ0n) is 15.7. The summed E-state index contributed by atoms with van der Waals surface area (Å²) in [4.78, 5) is 24.9. The van der Waals surface area contributed by atoms with Crippen molar-refractivity contribution in [1.82, 2.24) is 0 Å². The number of ether oxygens (including phenoxy) is 2. The Morgan fingerprint density at radius 1 is 1.35 bits per heavy atom. The Morgan fingerprint density at radius 2 is 2.04 bits per heavy atom. The number of cyclic esters (lactones) is 1. The molecule has 3 heterocycles. The number of hydrogen-bond donors (Lipinski definition) is 1. The molecule has 0 unspecified atom stereocenters. The Labute approximate surface area is 159 Å². The summed E-state index contributed by atoms with van der Waals surface area (Å²) in [5.74, 6) is -1.25. The van der Waals surface area contributed by atoms with Crippen LogP contribution in [0.1, 0.15) is 40.0 Å². The van der Waals surface area contributed by atoms with Crippen LogP contribution in [0.2, 0.25) is 0 Å². The van der Waals surface area contributed by atoms with Crippen LogP contribution in [0.4, 0.5) is 0 Å². The highest BCUT2D eigenvalue weighted by Gasteiger charge is 2.58. The van der Waals surface area contributed by atoms with Crippen LogP contribution in [0.25, 0.3) is 0 Å². The number of carbonyl (C=O) groups is 2. The van der Waals surface area contributed by atoms with Gasteiger partial charge in [-0.1, -0.05) is 24.1 Å². The lowest BCUT2D eigenvalue weighted by atomic mass is 9.85. The van der Waals surface area contributed by atoms with Gasteiger partial charge in [-0.2, -0.15) is 0 Å². The van der Waals surface area contributed by atoms with Crippen molar-refractivity contribution in [3.8, 4) is 0 Å². The van der Waals surface area contributed by atoms with Crippen molar-refractivity contribution in [3.05, 3.63) is 11.6 Å². The van der Waals surface area contributed by atoms with Gasteiger partial charge in [-0.25, -0.2) is 9.59 Å². The van der Waals surface area contributed by atoms with Crippen LogP contribution in [0, 0.1) is 11.8 Å². The first kappa shape index (κ1) is 19.6. The molecule has 0 aliphatic carbocycles. The fraction of sp³-hybridized carbons (Fsp3) is 0.789. The predicted molar refractivity (Wildman–Crippen MR) is 96.2 cm³/mol. The van der Waals surface area contributed by atoms with Crippen molar-refractivity contribution in [3.63, 3.8) is 0 Å². The quantitative estimate of drug-likeness (QED) is 0.323. The molecule has 6 nitrogen and oxygen atoms in total. The van der Waals surface area contributed by atoms with Crippen molar-refractivity contribution in [2.75, 3.05) is 25.7 Å². The highest BCUT2D eigenvalue weighted by atomic mass is 35.5. The van der Waals surface area contributed by atoms with Gasteiger partial charge in [0, 0.05) is 18.9 Å². The Balaban J connectivity index is 1.91. The topological polar surface area (TPSA) is 72.8 Å². The van der Waals surface area contributed by atoms with E-state index in [0.29, 0.717) is 16.9 Å². The SMILES string of the molecule is CC1=CC(=O)O[C@@H]2CC[N@+]3(CCl)CC[C@H](COC(=O)[C@](C)(O)[C@H](C)C1)[C@H]23. The molecule has 2 saturated heterocycles. The molecule has 146 valence electrons. The Bertz CT molecular complexity index is 619. The minimum absolute atomic E-state index is 0.0427. The molecule has 26 heavy (non-hydrogen) atoms. The average Bonchev–Trinajstić information content (AvgIpc) is 3.10. The summed E-state index contributed by atoms with van der Waals surface area (Å²) in [6.45, 7) is 7.06. The van der Waals surface area contributed by atoms with Crippen molar-refractivity contribution in [2.45, 2.75) is 57.8 Å². The number of hydrogen-bond acceptors (Lipinski definition) is 5. The Kier molecular flexibility index (Phi) is 5.39. The predicted octanol–water partition coefficient (Wildman–Crippen LogP) is 1.98. The second-order valence-electron chi connectivity index (χ2n) is 8.43. The standard InChI is InChI=1S/C19H29ClNO5/c1-12-8-13(2)19(3,24)18(23)25-10-14-4-6-21(11-20)7-5-15(17(14)21)26-16(22)9-12/h9,13-15,17,24H,4-8,10-11H2,1-3H3/q+1/t13-,14-,15-,17-,19-,21+/m1/s1. The summed E-state index contributed by atoms with van der Waals surface area (Å²) in [6, 6.07) is 0.508. The second kappa shape index (κ2) is 7.13. The second-order valence-corrected chi connectivity index (χ2v) is 8.67. The molecule has 2 fully saturated rings. The molecule has 0 aromatic carbocycles. The summed E-state index contributed by atoms with van der Waals surface area (Å²) in [5, 5.41) is 10.7. The lowest BCUT2D eigenvalue weighted by Gasteiger charge is -2.35. The molecule has 3 rings (SSSR count). The van der Waals surface area contributed by atoms with Gasteiger partial charge in [-0.3, -0.25) is 0 Å². The van der Waals surface area contributed by atoms with Gasteiger partial charge in [0.05, 0.1) is 19.0 Å². The highest BCUT2D eigenvalue weighted by molar-refractivity contribution is 6.17. The molecular weight excluding hydrogens is 358 g/mol. The average molecular weight is 387 g/mol. The molecule has 0 radical (unpaired) electrons. The number of allylic oxidation sites excluding steroid dienone is 1. The minimum atomic E-state index is -1.60. The smallest absolute Gasteiger partial charge is 0.338 e. The zero-order valence-corrected chi connectivity index (χ0v) is 16.5. The Hall–Kier alpha value is -1.11. The van der Waals surface area contributed by atoms with Gasteiger partial charge in [0.15, 0.2) is 17.7 Å². The van der Waals surface area contributed by atoms with E-state index in [1.807, 2.05) is 6.92 Å². The van der Waals surface area contributed by atoms with E-state index in [1.165, 1.54) is 13.0 Å². The minimum Gasteiger partial charge on any atom is -0.463 e. The van der Waals surface area contributed by atoms with Crippen molar-refractivity contribution >= 4 is 23.5 Å². The number of halogens is 1. The van der Waals surface area contributed by atoms with Gasteiger partial charge in [0.1, 0.15) is 12.6 Å².